The number of pyridine rings is 1. The predicted molar refractivity (Wildman–Crippen MR) is 110 cm³/mol. The average Bonchev–Trinajstić information content (AvgIpc) is 3.02. The highest BCUT2D eigenvalue weighted by Crippen LogP contribution is 2.37. The minimum atomic E-state index is -0.0911. The van der Waals surface area contributed by atoms with E-state index < -0.39 is 0 Å². The van der Waals surface area contributed by atoms with Gasteiger partial charge < -0.3 is 15.0 Å². The van der Waals surface area contributed by atoms with Crippen molar-refractivity contribution in [2.75, 3.05) is 12.4 Å². The van der Waals surface area contributed by atoms with Crippen molar-refractivity contribution in [3.8, 4) is 5.75 Å². The second kappa shape index (κ2) is 7.16. The third-order valence-electron chi connectivity index (χ3n) is 4.89. The highest BCUT2D eigenvalue weighted by molar-refractivity contribution is 5.86. The maximum atomic E-state index is 5.67. The summed E-state index contributed by atoms with van der Waals surface area (Å²) in [6.45, 7) is 4.19. The van der Waals surface area contributed by atoms with Gasteiger partial charge in [0.1, 0.15) is 11.6 Å². The Hall–Kier alpha value is -3.27. The molecule has 2 aromatic carbocycles. The lowest BCUT2D eigenvalue weighted by atomic mass is 9.95. The van der Waals surface area contributed by atoms with E-state index in [0.29, 0.717) is 0 Å². The highest BCUT2D eigenvalue weighted by atomic mass is 16.5. The predicted octanol–water partition coefficient (Wildman–Crippen LogP) is 5.39. The van der Waals surface area contributed by atoms with Gasteiger partial charge in [-0.05, 0) is 43.7 Å². The standard InChI is InChI=1S/C23H23N3O/c1-15-12-13-24-21(14-15)26-23(18-9-5-7-11-20(18)27-3)22-16(2)25-19-10-6-4-8-17(19)22/h4-14,23,25H,1-3H3,(H,24,26)/t23-/m1/s1. The number of benzene rings is 2. The quantitative estimate of drug-likeness (QED) is 0.503. The number of para-hydroxylation sites is 2. The summed E-state index contributed by atoms with van der Waals surface area (Å²) < 4.78 is 5.67. The van der Waals surface area contributed by atoms with Crippen molar-refractivity contribution in [2.24, 2.45) is 0 Å². The molecular weight excluding hydrogens is 334 g/mol. The van der Waals surface area contributed by atoms with Crippen LogP contribution in [0.3, 0.4) is 0 Å². The molecule has 0 bridgehead atoms. The SMILES string of the molecule is COc1ccccc1[C@@H](Nc1cc(C)ccn1)c1c(C)[nH]c2ccccc12. The fourth-order valence-electron chi connectivity index (χ4n) is 3.64. The Morgan fingerprint density at radius 3 is 2.59 bits per heavy atom. The van der Waals surface area contributed by atoms with Crippen molar-refractivity contribution in [3.63, 3.8) is 0 Å². The molecule has 4 heteroatoms. The summed E-state index contributed by atoms with van der Waals surface area (Å²) in [5, 5.41) is 4.84. The Morgan fingerprint density at radius 1 is 1.00 bits per heavy atom. The normalized spacial score (nSPS) is 12.1. The summed E-state index contributed by atoms with van der Waals surface area (Å²) in [4.78, 5) is 8.03. The van der Waals surface area contributed by atoms with Gasteiger partial charge >= 0.3 is 0 Å². The summed E-state index contributed by atoms with van der Waals surface area (Å²) in [6.07, 6.45) is 1.83. The van der Waals surface area contributed by atoms with Crippen LogP contribution < -0.4 is 10.1 Å². The van der Waals surface area contributed by atoms with Crippen LogP contribution in [0.25, 0.3) is 10.9 Å². The molecule has 4 aromatic rings. The summed E-state index contributed by atoms with van der Waals surface area (Å²) in [5.74, 6) is 1.70. The molecule has 2 heterocycles. The first-order valence-electron chi connectivity index (χ1n) is 9.06. The zero-order valence-corrected chi connectivity index (χ0v) is 15.8. The van der Waals surface area contributed by atoms with Crippen LogP contribution in [-0.2, 0) is 0 Å². The fraction of sp³-hybridized carbons (Fsp3) is 0.174. The van der Waals surface area contributed by atoms with Crippen molar-refractivity contribution in [2.45, 2.75) is 19.9 Å². The number of H-pyrrole nitrogens is 1. The Balaban J connectivity index is 1.91. The fourth-order valence-corrected chi connectivity index (χ4v) is 3.64. The van der Waals surface area contributed by atoms with Gasteiger partial charge in [-0.15, -0.1) is 0 Å². The summed E-state index contributed by atoms with van der Waals surface area (Å²) in [7, 11) is 1.71. The number of fused-ring (bicyclic) bond motifs is 1. The number of aromatic amines is 1. The van der Waals surface area contributed by atoms with E-state index in [0.717, 1.165) is 28.3 Å². The van der Waals surface area contributed by atoms with Gasteiger partial charge in [-0.3, -0.25) is 0 Å². The van der Waals surface area contributed by atoms with Gasteiger partial charge in [-0.1, -0.05) is 36.4 Å². The number of methoxy groups -OCH3 is 1. The van der Waals surface area contributed by atoms with Crippen LogP contribution in [0.5, 0.6) is 5.75 Å². The van der Waals surface area contributed by atoms with E-state index in [9.17, 15) is 0 Å². The van der Waals surface area contributed by atoms with Crippen LogP contribution in [-0.4, -0.2) is 17.1 Å². The van der Waals surface area contributed by atoms with E-state index in [1.807, 2.05) is 30.5 Å². The van der Waals surface area contributed by atoms with Crippen molar-refractivity contribution in [1.29, 1.82) is 0 Å². The number of anilines is 1. The first kappa shape index (κ1) is 17.2. The molecule has 0 aliphatic heterocycles. The number of nitrogens with one attached hydrogen (secondary N) is 2. The summed E-state index contributed by atoms with van der Waals surface area (Å²) in [5.41, 5.74) is 5.72. The summed E-state index contributed by atoms with van der Waals surface area (Å²) >= 11 is 0. The number of nitrogens with zero attached hydrogens (tertiary/aromatic N) is 1. The molecule has 0 amide bonds. The van der Waals surface area contributed by atoms with Crippen molar-refractivity contribution >= 4 is 16.7 Å². The zero-order valence-electron chi connectivity index (χ0n) is 15.8. The molecule has 2 aromatic heterocycles. The van der Waals surface area contributed by atoms with Crippen LogP contribution >= 0.6 is 0 Å². The Bertz CT molecular complexity index is 1080. The van der Waals surface area contributed by atoms with Gasteiger partial charge in [0, 0.05) is 33.9 Å². The molecule has 2 N–H and O–H groups in total. The molecule has 0 unspecified atom stereocenters. The molecule has 4 rings (SSSR count). The van der Waals surface area contributed by atoms with E-state index in [-0.39, 0.29) is 6.04 Å². The first-order valence-corrected chi connectivity index (χ1v) is 9.06. The molecule has 4 nitrogen and oxygen atoms in total. The molecule has 0 saturated carbocycles. The number of hydrogen-bond acceptors (Lipinski definition) is 3. The second-order valence-corrected chi connectivity index (χ2v) is 6.75. The number of aromatic nitrogens is 2. The molecule has 0 spiro atoms. The van der Waals surface area contributed by atoms with Gasteiger partial charge in [-0.2, -0.15) is 0 Å². The van der Waals surface area contributed by atoms with E-state index >= 15 is 0 Å². The van der Waals surface area contributed by atoms with E-state index in [4.69, 9.17) is 4.74 Å². The third-order valence-corrected chi connectivity index (χ3v) is 4.89. The van der Waals surface area contributed by atoms with Gasteiger partial charge in [0.05, 0.1) is 13.2 Å². The molecule has 0 aliphatic carbocycles. The Morgan fingerprint density at radius 2 is 1.78 bits per heavy atom. The van der Waals surface area contributed by atoms with Crippen molar-refractivity contribution in [1.82, 2.24) is 9.97 Å². The Labute approximate surface area is 159 Å². The van der Waals surface area contributed by atoms with E-state index in [1.165, 1.54) is 16.5 Å². The highest BCUT2D eigenvalue weighted by Gasteiger charge is 2.24. The summed E-state index contributed by atoms with van der Waals surface area (Å²) in [6, 6.07) is 20.5. The van der Waals surface area contributed by atoms with Gasteiger partial charge in [-0.25, -0.2) is 4.98 Å². The third kappa shape index (κ3) is 3.26. The van der Waals surface area contributed by atoms with Gasteiger partial charge in [0.2, 0.25) is 0 Å². The molecule has 27 heavy (non-hydrogen) atoms. The molecule has 136 valence electrons. The topological polar surface area (TPSA) is 49.9 Å². The lowest BCUT2D eigenvalue weighted by Crippen LogP contribution is -2.15. The first-order chi connectivity index (χ1) is 13.2. The second-order valence-electron chi connectivity index (χ2n) is 6.75. The zero-order chi connectivity index (χ0) is 18.8. The van der Waals surface area contributed by atoms with Gasteiger partial charge in [0.25, 0.3) is 0 Å². The van der Waals surface area contributed by atoms with Gasteiger partial charge in [0.15, 0.2) is 0 Å². The number of rotatable bonds is 5. The lowest BCUT2D eigenvalue weighted by Gasteiger charge is -2.23. The van der Waals surface area contributed by atoms with Crippen molar-refractivity contribution < 1.29 is 4.74 Å². The van der Waals surface area contributed by atoms with Crippen LogP contribution in [0.15, 0.2) is 66.9 Å². The Kier molecular flexibility index (Phi) is 4.55. The molecule has 0 saturated heterocycles. The van der Waals surface area contributed by atoms with Crippen LogP contribution in [0.2, 0.25) is 0 Å². The molecule has 1 atom stereocenters. The molecule has 0 aliphatic rings. The average molecular weight is 357 g/mol. The lowest BCUT2D eigenvalue weighted by molar-refractivity contribution is 0.408. The van der Waals surface area contributed by atoms with E-state index in [1.54, 1.807) is 7.11 Å². The van der Waals surface area contributed by atoms with Crippen LogP contribution in [0, 0.1) is 13.8 Å². The molecular formula is C23H23N3O. The minimum Gasteiger partial charge on any atom is -0.496 e. The maximum Gasteiger partial charge on any atom is 0.126 e. The number of aryl methyl sites for hydroxylation is 2. The largest absolute Gasteiger partial charge is 0.496 e. The van der Waals surface area contributed by atoms with Crippen LogP contribution in [0.4, 0.5) is 5.82 Å². The van der Waals surface area contributed by atoms with E-state index in [2.05, 4.69) is 65.5 Å². The number of hydrogen-bond donors (Lipinski definition) is 2. The smallest absolute Gasteiger partial charge is 0.126 e. The maximum absolute atomic E-state index is 5.67. The van der Waals surface area contributed by atoms with Crippen LogP contribution in [0.1, 0.15) is 28.4 Å². The van der Waals surface area contributed by atoms with Crippen molar-refractivity contribution in [3.05, 3.63) is 89.2 Å². The molecule has 0 radical (unpaired) electrons. The number of ether oxygens (including phenoxy) is 1. The minimum absolute atomic E-state index is 0.0911. The molecule has 0 fully saturated rings. The monoisotopic (exact) mass is 357 g/mol.